The van der Waals surface area contributed by atoms with Gasteiger partial charge in [0.25, 0.3) is 11.5 Å². The van der Waals surface area contributed by atoms with Gasteiger partial charge in [-0.2, -0.15) is 0 Å². The molecule has 7 nitrogen and oxygen atoms in total. The van der Waals surface area contributed by atoms with E-state index in [-0.39, 0.29) is 29.5 Å². The summed E-state index contributed by atoms with van der Waals surface area (Å²) in [6.45, 7) is 10.0. The number of thiophene rings is 1. The minimum atomic E-state index is -0.356. The fraction of sp³-hybridized carbons (Fsp3) is 0.276. The summed E-state index contributed by atoms with van der Waals surface area (Å²) in [6.07, 6.45) is 0.761. The molecule has 4 rings (SSSR count). The Kier molecular flexibility index (Phi) is 8.08. The first-order chi connectivity index (χ1) is 17.9. The highest BCUT2D eigenvalue weighted by atomic mass is 32.1. The standard InChI is InChI=1S/C29H31N3O4S/c1-5-31(19(2)3)17-11-16-30-28(34)27-25(36-4)24-26(37-27)21-14-9-10-15-22(21)32(29(24)35)18-23(33)20-12-7-6-8-13-20/h6-10,12-15H,2,5,11,16-18H2,1,3-4H3,(H,30,34). The highest BCUT2D eigenvalue weighted by Gasteiger charge is 2.25. The summed E-state index contributed by atoms with van der Waals surface area (Å²) in [4.78, 5) is 42.4. The number of ether oxygens (including phenoxy) is 1. The molecule has 2 aromatic carbocycles. The number of benzene rings is 2. The average Bonchev–Trinajstić information content (AvgIpc) is 3.31. The van der Waals surface area contributed by atoms with Crippen molar-refractivity contribution in [1.29, 1.82) is 0 Å². The second-order valence-electron chi connectivity index (χ2n) is 8.79. The van der Waals surface area contributed by atoms with Crippen molar-refractivity contribution in [3.05, 3.63) is 87.7 Å². The van der Waals surface area contributed by atoms with Crippen LogP contribution in [0.2, 0.25) is 0 Å². The maximum Gasteiger partial charge on any atom is 0.265 e. The molecule has 1 amide bonds. The molecule has 0 atom stereocenters. The molecule has 0 spiro atoms. The van der Waals surface area contributed by atoms with Gasteiger partial charge in [-0.1, -0.05) is 55.1 Å². The zero-order valence-electron chi connectivity index (χ0n) is 21.4. The lowest BCUT2D eigenvalue weighted by molar-refractivity contribution is 0.0950. The Morgan fingerprint density at radius 3 is 2.49 bits per heavy atom. The van der Waals surface area contributed by atoms with Gasteiger partial charge in [0.1, 0.15) is 10.3 Å². The van der Waals surface area contributed by atoms with Crippen LogP contribution in [0, 0.1) is 0 Å². The van der Waals surface area contributed by atoms with E-state index >= 15 is 0 Å². The molecule has 2 aromatic heterocycles. The molecule has 0 saturated heterocycles. The van der Waals surface area contributed by atoms with Crippen molar-refractivity contribution in [1.82, 2.24) is 14.8 Å². The lowest BCUT2D eigenvalue weighted by Crippen LogP contribution is -2.29. The fourth-order valence-corrected chi connectivity index (χ4v) is 5.69. The van der Waals surface area contributed by atoms with E-state index < -0.39 is 0 Å². The first kappa shape index (κ1) is 26.2. The summed E-state index contributed by atoms with van der Waals surface area (Å²) in [5.41, 5.74) is 1.81. The Hall–Kier alpha value is -3.91. The van der Waals surface area contributed by atoms with Crippen LogP contribution in [0.25, 0.3) is 21.0 Å². The van der Waals surface area contributed by atoms with Crippen LogP contribution in [0.15, 0.2) is 71.7 Å². The van der Waals surface area contributed by atoms with Gasteiger partial charge in [-0.15, -0.1) is 11.3 Å². The monoisotopic (exact) mass is 517 g/mol. The molecule has 0 radical (unpaired) electrons. The first-order valence-corrected chi connectivity index (χ1v) is 13.1. The van der Waals surface area contributed by atoms with Crippen LogP contribution in [-0.4, -0.2) is 47.9 Å². The number of rotatable bonds is 11. The number of Topliss-reactive ketones (excluding diaryl/α,β-unsaturated/α-hetero) is 1. The minimum absolute atomic E-state index is 0.115. The zero-order valence-corrected chi connectivity index (χ0v) is 22.2. The number of fused-ring (bicyclic) bond motifs is 3. The summed E-state index contributed by atoms with van der Waals surface area (Å²) in [6, 6.07) is 16.3. The summed E-state index contributed by atoms with van der Waals surface area (Å²) >= 11 is 1.24. The van der Waals surface area contributed by atoms with Crippen LogP contribution in [0.1, 0.15) is 40.3 Å². The third kappa shape index (κ3) is 5.29. The quantitative estimate of drug-likeness (QED) is 0.222. The van der Waals surface area contributed by atoms with E-state index in [2.05, 4.69) is 23.7 Å². The molecular weight excluding hydrogens is 486 g/mol. The SMILES string of the molecule is C=C(C)N(CC)CCCNC(=O)c1sc2c(c1OC)c(=O)n(CC(=O)c1ccccc1)c1ccccc21. The van der Waals surface area contributed by atoms with E-state index in [1.807, 2.05) is 37.3 Å². The normalized spacial score (nSPS) is 11.0. The average molecular weight is 518 g/mol. The van der Waals surface area contributed by atoms with Crippen molar-refractivity contribution < 1.29 is 14.3 Å². The summed E-state index contributed by atoms with van der Waals surface area (Å²) in [5, 5.41) is 4.07. The zero-order chi connectivity index (χ0) is 26.5. The molecule has 0 bridgehead atoms. The summed E-state index contributed by atoms with van der Waals surface area (Å²) in [7, 11) is 1.46. The number of nitrogens with one attached hydrogen (secondary N) is 1. The van der Waals surface area contributed by atoms with Gasteiger partial charge in [0.2, 0.25) is 0 Å². The van der Waals surface area contributed by atoms with Crippen LogP contribution >= 0.6 is 11.3 Å². The Morgan fingerprint density at radius 2 is 1.81 bits per heavy atom. The van der Waals surface area contributed by atoms with Crippen LogP contribution < -0.4 is 15.6 Å². The summed E-state index contributed by atoms with van der Waals surface area (Å²) in [5.74, 6) is -0.214. The molecule has 0 aliphatic carbocycles. The lowest BCUT2D eigenvalue weighted by Gasteiger charge is -2.22. The number of carbonyl (C=O) groups is 2. The molecule has 8 heteroatoms. The molecule has 192 valence electrons. The Bertz CT molecular complexity index is 1520. The number of hydrogen-bond acceptors (Lipinski definition) is 6. The van der Waals surface area contributed by atoms with Crippen molar-refractivity contribution in [2.45, 2.75) is 26.8 Å². The molecule has 0 unspecified atom stereocenters. The Labute approximate surface area is 220 Å². The van der Waals surface area contributed by atoms with E-state index in [9.17, 15) is 14.4 Å². The number of amides is 1. The molecule has 0 aliphatic heterocycles. The van der Waals surface area contributed by atoms with Gasteiger partial charge in [-0.05, 0) is 26.3 Å². The van der Waals surface area contributed by atoms with Crippen molar-refractivity contribution >= 4 is 44.0 Å². The third-order valence-electron chi connectivity index (χ3n) is 6.38. The van der Waals surface area contributed by atoms with Gasteiger partial charge in [-0.25, -0.2) is 0 Å². The predicted molar refractivity (Wildman–Crippen MR) is 150 cm³/mol. The maximum atomic E-state index is 13.7. The third-order valence-corrected chi connectivity index (χ3v) is 7.59. The second-order valence-corrected chi connectivity index (χ2v) is 9.81. The Balaban J connectivity index is 1.70. The predicted octanol–water partition coefficient (Wildman–Crippen LogP) is 5.08. The first-order valence-electron chi connectivity index (χ1n) is 12.3. The van der Waals surface area contributed by atoms with Crippen molar-refractivity contribution in [2.24, 2.45) is 0 Å². The number of allylic oxidation sites excluding steroid dienone is 1. The number of methoxy groups -OCH3 is 1. The second kappa shape index (κ2) is 11.4. The minimum Gasteiger partial charge on any atom is -0.494 e. The van der Waals surface area contributed by atoms with Crippen LogP contribution in [0.3, 0.4) is 0 Å². The van der Waals surface area contributed by atoms with Gasteiger partial charge in [0.05, 0.1) is 23.9 Å². The van der Waals surface area contributed by atoms with E-state index in [0.29, 0.717) is 32.6 Å². The molecular formula is C29H31N3O4S. The number of ketones is 1. The van der Waals surface area contributed by atoms with Crippen molar-refractivity contribution in [3.63, 3.8) is 0 Å². The van der Waals surface area contributed by atoms with Gasteiger partial charge >= 0.3 is 0 Å². The molecule has 37 heavy (non-hydrogen) atoms. The number of hydrogen-bond donors (Lipinski definition) is 1. The van der Waals surface area contributed by atoms with Crippen molar-refractivity contribution in [3.8, 4) is 5.75 Å². The van der Waals surface area contributed by atoms with Gasteiger partial charge in [0, 0.05) is 36.3 Å². The van der Waals surface area contributed by atoms with Crippen LogP contribution in [-0.2, 0) is 6.54 Å². The van der Waals surface area contributed by atoms with Gasteiger partial charge in [0.15, 0.2) is 11.5 Å². The highest BCUT2D eigenvalue weighted by molar-refractivity contribution is 7.22. The van der Waals surface area contributed by atoms with E-state index in [4.69, 9.17) is 4.74 Å². The van der Waals surface area contributed by atoms with E-state index in [0.717, 1.165) is 30.6 Å². The number of para-hydroxylation sites is 1. The molecule has 0 fully saturated rings. The molecule has 0 saturated carbocycles. The smallest absolute Gasteiger partial charge is 0.265 e. The number of carbonyl (C=O) groups excluding carboxylic acids is 2. The highest BCUT2D eigenvalue weighted by Crippen LogP contribution is 2.39. The van der Waals surface area contributed by atoms with E-state index in [1.54, 1.807) is 24.3 Å². The molecule has 4 aromatic rings. The maximum absolute atomic E-state index is 13.7. The van der Waals surface area contributed by atoms with Crippen LogP contribution in [0.4, 0.5) is 0 Å². The topological polar surface area (TPSA) is 80.6 Å². The lowest BCUT2D eigenvalue weighted by atomic mass is 10.1. The number of pyridine rings is 1. The number of aromatic nitrogens is 1. The van der Waals surface area contributed by atoms with Gasteiger partial charge in [-0.3, -0.25) is 19.0 Å². The van der Waals surface area contributed by atoms with Crippen LogP contribution in [0.5, 0.6) is 5.75 Å². The largest absolute Gasteiger partial charge is 0.494 e. The van der Waals surface area contributed by atoms with Crippen molar-refractivity contribution in [2.75, 3.05) is 26.7 Å². The number of nitrogens with zero attached hydrogens (tertiary/aromatic N) is 2. The molecule has 0 aliphatic rings. The summed E-state index contributed by atoms with van der Waals surface area (Å²) < 4.78 is 7.76. The Morgan fingerprint density at radius 1 is 1.11 bits per heavy atom. The van der Waals surface area contributed by atoms with Gasteiger partial charge < -0.3 is 15.0 Å². The fourth-order valence-electron chi connectivity index (χ4n) is 4.48. The molecule has 1 N–H and O–H groups in total. The molecule has 2 heterocycles. The van der Waals surface area contributed by atoms with E-state index in [1.165, 1.54) is 23.0 Å².